The molecule has 1 fully saturated rings. The molecule has 0 bridgehead atoms. The lowest BCUT2D eigenvalue weighted by molar-refractivity contribution is 0.0730. The number of sulfonamides is 1. The Morgan fingerprint density at radius 3 is 2.05 bits per heavy atom. The van der Waals surface area contributed by atoms with Crippen LogP contribution in [0.3, 0.4) is 0 Å². The quantitative estimate of drug-likeness (QED) is 0.834. The van der Waals surface area contributed by atoms with Gasteiger partial charge in [0.15, 0.2) is 0 Å². The van der Waals surface area contributed by atoms with E-state index in [9.17, 15) is 8.42 Å². The number of hydrogen-bond donors (Lipinski definition) is 0. The molecule has 106 valence electrons. The van der Waals surface area contributed by atoms with Gasteiger partial charge in [-0.05, 0) is 23.1 Å². The second-order valence-electron chi connectivity index (χ2n) is 5.79. The highest BCUT2D eigenvalue weighted by atomic mass is 32.2. The van der Waals surface area contributed by atoms with Gasteiger partial charge in [0.1, 0.15) is 0 Å². The van der Waals surface area contributed by atoms with Gasteiger partial charge in [-0.15, -0.1) is 0 Å². The SMILES string of the molecule is CC(C)(C)c1ccc(S(=O)(=O)N2CCOCC2)cc1. The van der Waals surface area contributed by atoms with Crippen LogP contribution in [0.5, 0.6) is 0 Å². The van der Waals surface area contributed by atoms with Gasteiger partial charge in [-0.25, -0.2) is 8.42 Å². The first-order valence-corrected chi connectivity index (χ1v) is 7.94. The summed E-state index contributed by atoms with van der Waals surface area (Å²) >= 11 is 0. The summed E-state index contributed by atoms with van der Waals surface area (Å²) in [5.74, 6) is 0. The van der Waals surface area contributed by atoms with Crippen molar-refractivity contribution in [2.24, 2.45) is 0 Å². The average molecular weight is 283 g/mol. The van der Waals surface area contributed by atoms with E-state index >= 15 is 0 Å². The Morgan fingerprint density at radius 2 is 1.58 bits per heavy atom. The van der Waals surface area contributed by atoms with Crippen LogP contribution in [-0.4, -0.2) is 39.0 Å². The first-order valence-electron chi connectivity index (χ1n) is 6.50. The van der Waals surface area contributed by atoms with Crippen LogP contribution in [0.1, 0.15) is 26.3 Å². The van der Waals surface area contributed by atoms with Crippen LogP contribution in [0, 0.1) is 0 Å². The number of hydrogen-bond acceptors (Lipinski definition) is 3. The van der Waals surface area contributed by atoms with E-state index < -0.39 is 10.0 Å². The van der Waals surface area contributed by atoms with Gasteiger partial charge in [0.25, 0.3) is 0 Å². The average Bonchev–Trinajstić information content (AvgIpc) is 2.39. The lowest BCUT2D eigenvalue weighted by Gasteiger charge is -2.26. The number of benzene rings is 1. The Balaban J connectivity index is 2.26. The van der Waals surface area contributed by atoms with Gasteiger partial charge in [0.2, 0.25) is 10.0 Å². The summed E-state index contributed by atoms with van der Waals surface area (Å²) in [4.78, 5) is 0.363. The van der Waals surface area contributed by atoms with Gasteiger partial charge in [0.05, 0.1) is 18.1 Å². The Hall–Kier alpha value is -0.910. The second-order valence-corrected chi connectivity index (χ2v) is 7.73. The summed E-state index contributed by atoms with van der Waals surface area (Å²) in [5.41, 5.74) is 1.16. The molecule has 1 heterocycles. The lowest BCUT2D eigenvalue weighted by atomic mass is 9.87. The molecule has 0 N–H and O–H groups in total. The molecule has 0 aromatic heterocycles. The Labute approximate surface area is 115 Å². The van der Waals surface area contributed by atoms with Crippen LogP contribution in [0.25, 0.3) is 0 Å². The summed E-state index contributed by atoms with van der Waals surface area (Å²) in [6.45, 7) is 8.14. The molecule has 5 heteroatoms. The number of morpholine rings is 1. The predicted molar refractivity (Wildman–Crippen MR) is 74.7 cm³/mol. The van der Waals surface area contributed by atoms with Crippen molar-refractivity contribution in [1.29, 1.82) is 0 Å². The van der Waals surface area contributed by atoms with E-state index in [1.54, 1.807) is 12.1 Å². The second kappa shape index (κ2) is 5.23. The molecule has 0 amide bonds. The predicted octanol–water partition coefficient (Wildman–Crippen LogP) is 2.01. The fraction of sp³-hybridized carbons (Fsp3) is 0.571. The monoisotopic (exact) mass is 283 g/mol. The van der Waals surface area contributed by atoms with E-state index in [0.29, 0.717) is 31.2 Å². The van der Waals surface area contributed by atoms with Crippen LogP contribution in [0.15, 0.2) is 29.2 Å². The maximum atomic E-state index is 12.4. The highest BCUT2D eigenvalue weighted by Gasteiger charge is 2.26. The van der Waals surface area contributed by atoms with Crippen molar-refractivity contribution in [3.8, 4) is 0 Å². The molecule has 0 saturated carbocycles. The van der Waals surface area contributed by atoms with E-state index in [1.807, 2.05) is 12.1 Å². The van der Waals surface area contributed by atoms with Crippen LogP contribution in [-0.2, 0) is 20.2 Å². The summed E-state index contributed by atoms with van der Waals surface area (Å²) in [7, 11) is -3.37. The first-order chi connectivity index (χ1) is 8.82. The fourth-order valence-corrected chi connectivity index (χ4v) is 3.47. The van der Waals surface area contributed by atoms with Crippen LogP contribution in [0.4, 0.5) is 0 Å². The zero-order valence-corrected chi connectivity index (χ0v) is 12.5. The molecule has 1 saturated heterocycles. The van der Waals surface area contributed by atoms with E-state index in [1.165, 1.54) is 4.31 Å². The minimum absolute atomic E-state index is 0.0290. The maximum absolute atomic E-state index is 12.4. The molecule has 1 aliphatic rings. The zero-order valence-electron chi connectivity index (χ0n) is 11.7. The van der Waals surface area contributed by atoms with E-state index in [4.69, 9.17) is 4.74 Å². The summed E-state index contributed by atoms with van der Waals surface area (Å²) in [6, 6.07) is 7.19. The highest BCUT2D eigenvalue weighted by Crippen LogP contribution is 2.24. The van der Waals surface area contributed by atoms with E-state index in [-0.39, 0.29) is 5.41 Å². The normalized spacial score (nSPS) is 18.5. The van der Waals surface area contributed by atoms with Gasteiger partial charge in [-0.1, -0.05) is 32.9 Å². The number of rotatable bonds is 2. The molecule has 0 unspecified atom stereocenters. The van der Waals surface area contributed by atoms with Crippen molar-refractivity contribution in [3.05, 3.63) is 29.8 Å². The van der Waals surface area contributed by atoms with Crippen molar-refractivity contribution >= 4 is 10.0 Å². The topological polar surface area (TPSA) is 46.6 Å². The number of nitrogens with zero attached hydrogens (tertiary/aromatic N) is 1. The molecular weight excluding hydrogens is 262 g/mol. The van der Waals surface area contributed by atoms with Gasteiger partial charge in [0, 0.05) is 13.1 Å². The third-order valence-corrected chi connectivity index (χ3v) is 5.24. The molecule has 2 rings (SSSR count). The summed E-state index contributed by atoms with van der Waals surface area (Å²) in [6.07, 6.45) is 0. The Kier molecular flexibility index (Phi) is 3.99. The van der Waals surface area contributed by atoms with Crippen molar-refractivity contribution < 1.29 is 13.2 Å². The van der Waals surface area contributed by atoms with Crippen LogP contribution >= 0.6 is 0 Å². The molecule has 19 heavy (non-hydrogen) atoms. The van der Waals surface area contributed by atoms with Crippen molar-refractivity contribution in [2.45, 2.75) is 31.1 Å². The summed E-state index contributed by atoms with van der Waals surface area (Å²) < 4.78 is 31.5. The Morgan fingerprint density at radius 1 is 1.05 bits per heavy atom. The number of ether oxygens (including phenoxy) is 1. The van der Waals surface area contributed by atoms with Gasteiger partial charge < -0.3 is 4.74 Å². The maximum Gasteiger partial charge on any atom is 0.243 e. The molecule has 0 spiro atoms. The molecule has 0 radical (unpaired) electrons. The molecule has 4 nitrogen and oxygen atoms in total. The largest absolute Gasteiger partial charge is 0.379 e. The van der Waals surface area contributed by atoms with Crippen LogP contribution in [0.2, 0.25) is 0 Å². The minimum Gasteiger partial charge on any atom is -0.379 e. The third kappa shape index (κ3) is 3.16. The van der Waals surface area contributed by atoms with Gasteiger partial charge >= 0.3 is 0 Å². The third-order valence-electron chi connectivity index (χ3n) is 3.33. The smallest absolute Gasteiger partial charge is 0.243 e. The highest BCUT2D eigenvalue weighted by molar-refractivity contribution is 7.89. The molecule has 1 aliphatic heterocycles. The van der Waals surface area contributed by atoms with Gasteiger partial charge in [-0.3, -0.25) is 0 Å². The molecule has 1 aromatic rings. The molecular formula is C14H21NO3S. The van der Waals surface area contributed by atoms with Crippen LogP contribution < -0.4 is 0 Å². The fourth-order valence-electron chi connectivity index (χ4n) is 2.06. The minimum atomic E-state index is -3.37. The van der Waals surface area contributed by atoms with E-state index in [0.717, 1.165) is 5.56 Å². The molecule has 0 atom stereocenters. The van der Waals surface area contributed by atoms with Crippen molar-refractivity contribution in [1.82, 2.24) is 4.31 Å². The Bertz CT molecular complexity index is 523. The van der Waals surface area contributed by atoms with Crippen molar-refractivity contribution in [3.63, 3.8) is 0 Å². The lowest BCUT2D eigenvalue weighted by Crippen LogP contribution is -2.40. The zero-order chi connectivity index (χ0) is 14.1. The van der Waals surface area contributed by atoms with Crippen molar-refractivity contribution in [2.75, 3.05) is 26.3 Å². The molecule has 0 aliphatic carbocycles. The first kappa shape index (κ1) is 14.5. The standard InChI is InChI=1S/C14H21NO3S/c1-14(2,3)12-4-6-13(7-5-12)19(16,17)15-8-10-18-11-9-15/h4-7H,8-11H2,1-3H3. The van der Waals surface area contributed by atoms with E-state index in [2.05, 4.69) is 20.8 Å². The summed E-state index contributed by atoms with van der Waals surface area (Å²) in [5, 5.41) is 0. The van der Waals surface area contributed by atoms with Gasteiger partial charge in [-0.2, -0.15) is 4.31 Å². The molecule has 1 aromatic carbocycles.